The number of aromatic hydroxyl groups is 1. The third-order valence-electron chi connectivity index (χ3n) is 4.68. The van der Waals surface area contributed by atoms with Gasteiger partial charge in [0.1, 0.15) is 5.75 Å². The summed E-state index contributed by atoms with van der Waals surface area (Å²) in [5.74, 6) is 0.519. The molecule has 1 amide bonds. The number of likely N-dealkylation sites (N-methyl/N-ethyl adjacent to an activating group) is 1. The van der Waals surface area contributed by atoms with E-state index in [1.807, 2.05) is 30.0 Å². The summed E-state index contributed by atoms with van der Waals surface area (Å²) in [6.07, 6.45) is 2.80. The molecule has 1 saturated heterocycles. The second kappa shape index (κ2) is 6.27. The highest BCUT2D eigenvalue weighted by molar-refractivity contribution is 5.99. The Bertz CT molecular complexity index is 637. The van der Waals surface area contributed by atoms with Gasteiger partial charge in [-0.1, -0.05) is 41.5 Å². The van der Waals surface area contributed by atoms with Crippen molar-refractivity contribution in [2.24, 2.45) is 0 Å². The predicted octanol–water partition coefficient (Wildman–Crippen LogP) is 4.62. The van der Waals surface area contributed by atoms with Gasteiger partial charge in [-0.05, 0) is 47.9 Å². The summed E-state index contributed by atoms with van der Waals surface area (Å²) in [5.41, 5.74) is 3.41. The summed E-state index contributed by atoms with van der Waals surface area (Å²) < 4.78 is 0. The van der Waals surface area contributed by atoms with Gasteiger partial charge in [-0.2, -0.15) is 0 Å². The van der Waals surface area contributed by atoms with Crippen molar-refractivity contribution in [3.63, 3.8) is 0 Å². The molecule has 0 aliphatic carbocycles. The van der Waals surface area contributed by atoms with Crippen LogP contribution in [-0.4, -0.2) is 29.0 Å². The SMILES string of the molecule is CCN1CCC(=Cc2cc(C(C)(C)C)c(O)c(C(C)(C)C)c2)C1=O. The lowest BCUT2D eigenvalue weighted by Gasteiger charge is -2.28. The van der Waals surface area contributed by atoms with Crippen LogP contribution < -0.4 is 0 Å². The maximum Gasteiger partial charge on any atom is 0.249 e. The number of rotatable bonds is 2. The van der Waals surface area contributed by atoms with Crippen molar-refractivity contribution in [2.75, 3.05) is 13.1 Å². The van der Waals surface area contributed by atoms with E-state index in [4.69, 9.17) is 0 Å². The number of hydrogen-bond donors (Lipinski definition) is 1. The summed E-state index contributed by atoms with van der Waals surface area (Å²) in [6, 6.07) is 4.05. The normalized spacial score (nSPS) is 17.9. The summed E-state index contributed by atoms with van der Waals surface area (Å²) in [6.45, 7) is 16.2. The minimum atomic E-state index is -0.159. The molecule has 1 fully saturated rings. The number of phenols is 1. The minimum Gasteiger partial charge on any atom is -0.507 e. The lowest BCUT2D eigenvalue weighted by molar-refractivity contribution is -0.124. The van der Waals surface area contributed by atoms with Crippen LogP contribution in [0.25, 0.3) is 6.08 Å². The monoisotopic (exact) mass is 329 g/mol. The van der Waals surface area contributed by atoms with Gasteiger partial charge in [0.25, 0.3) is 0 Å². The fraction of sp³-hybridized carbons (Fsp3) is 0.571. The molecule has 0 saturated carbocycles. The quantitative estimate of drug-likeness (QED) is 0.804. The smallest absolute Gasteiger partial charge is 0.249 e. The molecule has 0 unspecified atom stereocenters. The van der Waals surface area contributed by atoms with Gasteiger partial charge in [0.05, 0.1) is 0 Å². The first-order valence-electron chi connectivity index (χ1n) is 8.83. The van der Waals surface area contributed by atoms with Gasteiger partial charge in [0.2, 0.25) is 5.91 Å². The largest absolute Gasteiger partial charge is 0.507 e. The molecule has 3 heteroatoms. The molecule has 1 N–H and O–H groups in total. The minimum absolute atomic E-state index is 0.139. The number of hydrogen-bond acceptors (Lipinski definition) is 2. The van der Waals surface area contributed by atoms with E-state index in [1.165, 1.54) is 0 Å². The average Bonchev–Trinajstić information content (AvgIpc) is 2.78. The predicted molar refractivity (Wildman–Crippen MR) is 100 cm³/mol. The van der Waals surface area contributed by atoms with Crippen LogP contribution in [0, 0.1) is 0 Å². The lowest BCUT2D eigenvalue weighted by Crippen LogP contribution is -2.24. The standard InChI is InChI=1S/C21H31NO2/c1-8-22-10-9-15(19(22)24)11-14-12-16(20(2,3)4)18(23)17(13-14)21(5,6)7/h11-13,23H,8-10H2,1-7H3. The van der Waals surface area contributed by atoms with Gasteiger partial charge in [-0.3, -0.25) is 4.79 Å². The molecular weight excluding hydrogens is 298 g/mol. The number of carbonyl (C=O) groups excluding carboxylic acids is 1. The van der Waals surface area contributed by atoms with Crippen molar-refractivity contribution >= 4 is 12.0 Å². The Balaban J connectivity index is 2.58. The second-order valence-corrected chi connectivity index (χ2v) is 8.77. The molecule has 0 radical (unpaired) electrons. The van der Waals surface area contributed by atoms with Crippen molar-refractivity contribution in [1.82, 2.24) is 4.90 Å². The Morgan fingerprint density at radius 3 is 1.96 bits per heavy atom. The molecular formula is C21H31NO2. The molecule has 0 spiro atoms. The van der Waals surface area contributed by atoms with Gasteiger partial charge in [-0.15, -0.1) is 0 Å². The maximum atomic E-state index is 12.4. The van der Waals surface area contributed by atoms with Gasteiger partial charge in [-0.25, -0.2) is 0 Å². The molecule has 1 aromatic rings. The molecule has 132 valence electrons. The first-order valence-corrected chi connectivity index (χ1v) is 8.83. The Kier molecular flexibility index (Phi) is 4.85. The fourth-order valence-electron chi connectivity index (χ4n) is 3.19. The van der Waals surface area contributed by atoms with Crippen molar-refractivity contribution in [2.45, 2.75) is 65.7 Å². The van der Waals surface area contributed by atoms with Gasteiger partial charge in [0, 0.05) is 29.8 Å². The van der Waals surface area contributed by atoms with E-state index in [0.29, 0.717) is 5.75 Å². The molecule has 1 aromatic carbocycles. The van der Waals surface area contributed by atoms with Gasteiger partial charge >= 0.3 is 0 Å². The van der Waals surface area contributed by atoms with Crippen LogP contribution in [0.1, 0.15) is 71.6 Å². The summed E-state index contributed by atoms with van der Waals surface area (Å²) in [5, 5.41) is 10.8. The zero-order chi connectivity index (χ0) is 18.3. The second-order valence-electron chi connectivity index (χ2n) is 8.77. The summed E-state index contributed by atoms with van der Waals surface area (Å²) in [4.78, 5) is 14.3. The van der Waals surface area contributed by atoms with Gasteiger partial charge < -0.3 is 10.0 Å². The number of phenolic OH excluding ortho intramolecular Hbond substituents is 1. The molecule has 0 bridgehead atoms. The van der Waals surface area contributed by atoms with E-state index >= 15 is 0 Å². The summed E-state index contributed by atoms with van der Waals surface area (Å²) >= 11 is 0. The first kappa shape index (κ1) is 18.6. The van der Waals surface area contributed by atoms with Crippen molar-refractivity contribution in [3.8, 4) is 5.75 Å². The molecule has 1 aliphatic rings. The zero-order valence-electron chi connectivity index (χ0n) is 16.2. The average molecular weight is 329 g/mol. The van der Waals surface area contributed by atoms with Crippen LogP contribution in [0.3, 0.4) is 0 Å². The summed E-state index contributed by atoms with van der Waals surface area (Å²) in [7, 11) is 0. The molecule has 1 heterocycles. The molecule has 2 rings (SSSR count). The van der Waals surface area contributed by atoms with E-state index in [-0.39, 0.29) is 16.7 Å². The number of carbonyl (C=O) groups is 1. The number of benzene rings is 1. The van der Waals surface area contributed by atoms with Crippen LogP contribution in [0.2, 0.25) is 0 Å². The Morgan fingerprint density at radius 2 is 1.58 bits per heavy atom. The lowest BCUT2D eigenvalue weighted by atomic mass is 9.78. The Labute approximate surface area is 146 Å². The van der Waals surface area contributed by atoms with E-state index in [1.54, 1.807) is 0 Å². The van der Waals surface area contributed by atoms with E-state index in [2.05, 4.69) is 41.5 Å². The fourth-order valence-corrected chi connectivity index (χ4v) is 3.19. The molecule has 0 aromatic heterocycles. The molecule has 0 atom stereocenters. The highest BCUT2D eigenvalue weighted by Gasteiger charge is 2.28. The highest BCUT2D eigenvalue weighted by Crippen LogP contribution is 2.40. The van der Waals surface area contributed by atoms with Crippen LogP contribution >= 0.6 is 0 Å². The first-order chi connectivity index (χ1) is 10.9. The topological polar surface area (TPSA) is 40.5 Å². The Morgan fingerprint density at radius 1 is 1.08 bits per heavy atom. The van der Waals surface area contributed by atoms with Crippen molar-refractivity contribution < 1.29 is 9.90 Å². The van der Waals surface area contributed by atoms with Crippen LogP contribution in [-0.2, 0) is 15.6 Å². The molecule has 1 aliphatic heterocycles. The van der Waals surface area contributed by atoms with E-state index < -0.39 is 0 Å². The number of amides is 1. The van der Waals surface area contributed by atoms with E-state index in [0.717, 1.165) is 41.8 Å². The van der Waals surface area contributed by atoms with Crippen LogP contribution in [0.15, 0.2) is 17.7 Å². The number of likely N-dealkylation sites (tertiary alicyclic amines) is 1. The zero-order valence-corrected chi connectivity index (χ0v) is 16.2. The Hall–Kier alpha value is -1.77. The maximum absolute atomic E-state index is 12.4. The van der Waals surface area contributed by atoms with Crippen LogP contribution in [0.5, 0.6) is 5.75 Å². The van der Waals surface area contributed by atoms with Crippen molar-refractivity contribution in [1.29, 1.82) is 0 Å². The van der Waals surface area contributed by atoms with Gasteiger partial charge in [0.15, 0.2) is 0 Å². The van der Waals surface area contributed by atoms with Crippen molar-refractivity contribution in [3.05, 3.63) is 34.4 Å². The molecule has 3 nitrogen and oxygen atoms in total. The van der Waals surface area contributed by atoms with E-state index in [9.17, 15) is 9.90 Å². The number of nitrogens with zero attached hydrogens (tertiary/aromatic N) is 1. The third-order valence-corrected chi connectivity index (χ3v) is 4.68. The third kappa shape index (κ3) is 3.66. The highest BCUT2D eigenvalue weighted by atomic mass is 16.3. The molecule has 24 heavy (non-hydrogen) atoms. The van der Waals surface area contributed by atoms with Crippen LogP contribution in [0.4, 0.5) is 0 Å².